The van der Waals surface area contributed by atoms with E-state index in [1.165, 1.54) is 0 Å². The maximum Gasteiger partial charge on any atom is 0.390 e. The second kappa shape index (κ2) is 10.2. The predicted octanol–water partition coefficient (Wildman–Crippen LogP) is 3.55. The van der Waals surface area contributed by atoms with Crippen LogP contribution in [-0.4, -0.2) is 80.3 Å². The summed E-state index contributed by atoms with van der Waals surface area (Å²) in [7, 11) is -4.59. The van der Waals surface area contributed by atoms with Gasteiger partial charge in [-0.2, -0.15) is 13.2 Å². The molecule has 0 saturated carbocycles. The van der Waals surface area contributed by atoms with Crippen LogP contribution in [0, 0.1) is 13.8 Å². The van der Waals surface area contributed by atoms with Crippen molar-refractivity contribution in [2.45, 2.75) is 32.5 Å². The Hall–Kier alpha value is -3.28. The van der Waals surface area contributed by atoms with Crippen molar-refractivity contribution >= 4 is 33.3 Å². The van der Waals surface area contributed by atoms with E-state index in [0.29, 0.717) is 36.2 Å². The van der Waals surface area contributed by atoms with E-state index in [4.69, 9.17) is 0 Å². The number of anilines is 2. The van der Waals surface area contributed by atoms with Gasteiger partial charge < -0.3 is 9.80 Å². The molecule has 4 rings (SSSR count). The molecular formula is C25H29F3N4O4S. The average Bonchev–Trinajstić information content (AvgIpc) is 3.22. The lowest BCUT2D eigenvalue weighted by molar-refractivity contribution is -0.132. The highest BCUT2D eigenvalue weighted by atomic mass is 32.2. The maximum atomic E-state index is 13.6. The number of piperazine rings is 1. The summed E-state index contributed by atoms with van der Waals surface area (Å²) >= 11 is 0. The Kier molecular flexibility index (Phi) is 7.40. The molecule has 2 aliphatic rings. The van der Waals surface area contributed by atoms with Crippen molar-refractivity contribution < 1.29 is 31.2 Å². The minimum Gasteiger partial charge on any atom is -0.368 e. The molecule has 37 heavy (non-hydrogen) atoms. The van der Waals surface area contributed by atoms with Crippen LogP contribution in [0.1, 0.15) is 17.5 Å². The molecule has 1 unspecified atom stereocenters. The van der Waals surface area contributed by atoms with Crippen LogP contribution >= 0.6 is 0 Å². The topological polar surface area (TPSA) is 81.2 Å². The zero-order valence-corrected chi connectivity index (χ0v) is 21.4. The molecule has 200 valence electrons. The molecule has 0 aliphatic carbocycles. The summed E-state index contributed by atoms with van der Waals surface area (Å²) in [4.78, 5) is 31.6. The highest BCUT2D eigenvalue weighted by molar-refractivity contribution is 7.89. The molecule has 2 aliphatic heterocycles. The number of rotatable bonds is 6. The van der Waals surface area contributed by atoms with Gasteiger partial charge in [0.1, 0.15) is 6.04 Å². The SMILES string of the molecule is Cc1ccc(C)c(N2CCN(C(=O)C3CN(S(=O)(=O)CCC(F)(F)F)C(=O)N3c3ccccc3)CC2)c1. The van der Waals surface area contributed by atoms with Crippen LogP contribution in [0.2, 0.25) is 0 Å². The van der Waals surface area contributed by atoms with E-state index in [0.717, 1.165) is 21.7 Å². The van der Waals surface area contributed by atoms with Crippen molar-refractivity contribution in [1.82, 2.24) is 9.21 Å². The quantitative estimate of drug-likeness (QED) is 0.562. The fourth-order valence-corrected chi connectivity index (χ4v) is 6.07. The fourth-order valence-electron chi connectivity index (χ4n) is 4.66. The molecule has 0 radical (unpaired) electrons. The first-order valence-corrected chi connectivity index (χ1v) is 13.5. The van der Waals surface area contributed by atoms with Crippen LogP contribution in [0.4, 0.5) is 29.3 Å². The smallest absolute Gasteiger partial charge is 0.368 e. The van der Waals surface area contributed by atoms with E-state index in [-0.39, 0.29) is 0 Å². The lowest BCUT2D eigenvalue weighted by Gasteiger charge is -2.38. The number of nitrogens with zero attached hydrogens (tertiary/aromatic N) is 4. The molecule has 2 fully saturated rings. The summed E-state index contributed by atoms with van der Waals surface area (Å²) in [6.45, 7) is 5.31. The number of benzene rings is 2. The van der Waals surface area contributed by atoms with E-state index >= 15 is 0 Å². The van der Waals surface area contributed by atoms with Crippen LogP contribution in [0.15, 0.2) is 48.5 Å². The van der Waals surface area contributed by atoms with Crippen LogP contribution in [0.5, 0.6) is 0 Å². The number of alkyl halides is 3. The Balaban J connectivity index is 1.54. The Bertz CT molecular complexity index is 1260. The van der Waals surface area contributed by atoms with Crippen LogP contribution < -0.4 is 9.80 Å². The number of halogens is 3. The molecule has 2 heterocycles. The van der Waals surface area contributed by atoms with Gasteiger partial charge in [0, 0.05) is 37.6 Å². The fraction of sp³-hybridized carbons (Fsp3) is 0.440. The Morgan fingerprint density at radius 1 is 1.00 bits per heavy atom. The summed E-state index contributed by atoms with van der Waals surface area (Å²) in [6.07, 6.45) is -6.27. The maximum absolute atomic E-state index is 13.6. The summed E-state index contributed by atoms with van der Waals surface area (Å²) in [5.74, 6) is -1.70. The van der Waals surface area contributed by atoms with Crippen LogP contribution in [0.25, 0.3) is 0 Å². The van der Waals surface area contributed by atoms with Crippen molar-refractivity contribution in [1.29, 1.82) is 0 Å². The number of hydrogen-bond acceptors (Lipinski definition) is 5. The normalized spacial score (nSPS) is 19.1. The third kappa shape index (κ3) is 5.84. The van der Waals surface area contributed by atoms with Gasteiger partial charge in [-0.1, -0.05) is 30.3 Å². The monoisotopic (exact) mass is 538 g/mol. The van der Waals surface area contributed by atoms with Gasteiger partial charge in [0.2, 0.25) is 15.9 Å². The summed E-state index contributed by atoms with van der Waals surface area (Å²) in [6, 6.07) is 12.0. The van der Waals surface area contributed by atoms with Crippen molar-refractivity contribution in [2.24, 2.45) is 0 Å². The van der Waals surface area contributed by atoms with E-state index < -0.39 is 52.9 Å². The molecule has 12 heteroatoms. The molecule has 0 aromatic heterocycles. The minimum absolute atomic E-state index is 0.299. The molecule has 1 atom stereocenters. The van der Waals surface area contributed by atoms with E-state index in [1.807, 2.05) is 26.0 Å². The number of sulfonamides is 1. The standard InChI is InChI=1S/C25H29F3N4O4S/c1-18-8-9-19(2)21(16-18)29-11-13-30(14-12-29)23(33)22-17-31(37(35,36)15-10-25(26,27)28)24(34)32(22)20-6-4-3-5-7-20/h3-9,16,22H,10-15,17H2,1-2H3. The first-order chi connectivity index (χ1) is 17.4. The van der Waals surface area contributed by atoms with Crippen molar-refractivity contribution in [2.75, 3.05) is 48.3 Å². The highest BCUT2D eigenvalue weighted by Gasteiger charge is 2.49. The molecule has 2 aromatic carbocycles. The highest BCUT2D eigenvalue weighted by Crippen LogP contribution is 2.30. The molecule has 3 amide bonds. The van der Waals surface area contributed by atoms with E-state index in [1.54, 1.807) is 35.2 Å². The number of para-hydroxylation sites is 1. The lowest BCUT2D eigenvalue weighted by atomic mass is 10.1. The third-order valence-corrected chi connectivity index (χ3v) is 8.36. The van der Waals surface area contributed by atoms with Crippen LogP contribution in [0.3, 0.4) is 0 Å². The molecule has 2 saturated heterocycles. The van der Waals surface area contributed by atoms with Crippen molar-refractivity contribution in [3.05, 3.63) is 59.7 Å². The van der Waals surface area contributed by atoms with Crippen molar-refractivity contribution in [3.63, 3.8) is 0 Å². The molecule has 0 bridgehead atoms. The Morgan fingerprint density at radius 2 is 1.65 bits per heavy atom. The van der Waals surface area contributed by atoms with Crippen LogP contribution in [-0.2, 0) is 14.8 Å². The van der Waals surface area contributed by atoms with Gasteiger partial charge >= 0.3 is 12.2 Å². The number of hydrogen-bond donors (Lipinski definition) is 0. The first-order valence-electron chi connectivity index (χ1n) is 11.9. The second-order valence-corrected chi connectivity index (χ2v) is 11.3. The second-order valence-electron chi connectivity index (χ2n) is 9.32. The molecule has 0 N–H and O–H groups in total. The number of carbonyl (C=O) groups is 2. The van der Waals surface area contributed by atoms with Gasteiger partial charge in [0.15, 0.2) is 0 Å². The summed E-state index contributed by atoms with van der Waals surface area (Å²) in [5, 5.41) is 0. The zero-order chi connectivity index (χ0) is 27.0. The molecule has 8 nitrogen and oxygen atoms in total. The minimum atomic E-state index is -4.69. The largest absolute Gasteiger partial charge is 0.390 e. The van der Waals surface area contributed by atoms with E-state index in [9.17, 15) is 31.2 Å². The Morgan fingerprint density at radius 3 is 2.27 bits per heavy atom. The number of urea groups is 1. The molecular weight excluding hydrogens is 509 g/mol. The molecule has 0 spiro atoms. The Labute approximate surface area is 214 Å². The van der Waals surface area contributed by atoms with Gasteiger partial charge in [-0.25, -0.2) is 17.5 Å². The van der Waals surface area contributed by atoms with Gasteiger partial charge in [-0.15, -0.1) is 0 Å². The van der Waals surface area contributed by atoms with Gasteiger partial charge in [-0.05, 0) is 43.2 Å². The summed E-state index contributed by atoms with van der Waals surface area (Å²) < 4.78 is 64.0. The van der Waals surface area contributed by atoms with E-state index in [2.05, 4.69) is 11.0 Å². The first kappa shape index (κ1) is 26.8. The molecule has 2 aromatic rings. The zero-order valence-electron chi connectivity index (χ0n) is 20.6. The van der Waals surface area contributed by atoms with Gasteiger partial charge in [-0.3, -0.25) is 9.69 Å². The third-order valence-electron chi connectivity index (χ3n) is 6.67. The summed E-state index contributed by atoms with van der Waals surface area (Å²) in [5.41, 5.74) is 3.61. The van der Waals surface area contributed by atoms with Gasteiger partial charge in [0.25, 0.3) is 0 Å². The number of aryl methyl sites for hydroxylation is 2. The lowest BCUT2D eigenvalue weighted by Crippen LogP contribution is -2.55. The average molecular weight is 539 g/mol. The van der Waals surface area contributed by atoms with Gasteiger partial charge in [0.05, 0.1) is 18.7 Å². The number of carbonyl (C=O) groups excluding carboxylic acids is 2. The van der Waals surface area contributed by atoms with Crippen molar-refractivity contribution in [3.8, 4) is 0 Å². The number of amides is 3. The predicted molar refractivity (Wildman–Crippen MR) is 134 cm³/mol.